The lowest BCUT2D eigenvalue weighted by Gasteiger charge is -2.21. The Morgan fingerprint density at radius 3 is 2.64 bits per heavy atom. The molecule has 1 saturated carbocycles. The maximum atomic E-state index is 5.55. The number of allylic oxidation sites excluding steroid dienone is 1. The van der Waals surface area contributed by atoms with Crippen LogP contribution in [0.15, 0.2) is 11.8 Å². The van der Waals surface area contributed by atoms with Crippen molar-refractivity contribution in [2.75, 3.05) is 6.61 Å². The van der Waals surface area contributed by atoms with E-state index in [-0.39, 0.29) is 0 Å². The molecule has 0 bridgehead atoms. The summed E-state index contributed by atoms with van der Waals surface area (Å²) in [5.74, 6) is 2.09. The SMILES string of the molecule is C1=C(C2CCCCC2)OCC1. The van der Waals surface area contributed by atoms with E-state index in [1.54, 1.807) is 0 Å². The Labute approximate surface area is 68.4 Å². The highest BCUT2D eigenvalue weighted by Gasteiger charge is 2.20. The normalized spacial score (nSPS) is 26.4. The van der Waals surface area contributed by atoms with E-state index >= 15 is 0 Å². The van der Waals surface area contributed by atoms with Crippen LogP contribution < -0.4 is 0 Å². The third-order valence-electron chi connectivity index (χ3n) is 2.74. The van der Waals surface area contributed by atoms with E-state index in [4.69, 9.17) is 4.74 Å². The average Bonchev–Trinajstić information content (AvgIpc) is 2.58. The van der Waals surface area contributed by atoms with Gasteiger partial charge in [0.05, 0.1) is 12.4 Å². The van der Waals surface area contributed by atoms with Crippen LogP contribution in [0.2, 0.25) is 0 Å². The van der Waals surface area contributed by atoms with Gasteiger partial charge in [-0.3, -0.25) is 0 Å². The lowest BCUT2D eigenvalue weighted by Crippen LogP contribution is -2.09. The Bertz CT molecular complexity index is 154. The van der Waals surface area contributed by atoms with Gasteiger partial charge in [-0.25, -0.2) is 0 Å². The Morgan fingerprint density at radius 2 is 2.00 bits per heavy atom. The largest absolute Gasteiger partial charge is 0.498 e. The van der Waals surface area contributed by atoms with Crippen LogP contribution in [-0.4, -0.2) is 6.61 Å². The van der Waals surface area contributed by atoms with Crippen LogP contribution >= 0.6 is 0 Å². The highest BCUT2D eigenvalue weighted by molar-refractivity contribution is 5.03. The summed E-state index contributed by atoms with van der Waals surface area (Å²) < 4.78 is 5.55. The molecule has 11 heavy (non-hydrogen) atoms. The standard InChI is InChI=1S/C10H16O/c1-2-5-9(6-3-1)10-7-4-8-11-10/h7,9H,1-6,8H2. The van der Waals surface area contributed by atoms with Crippen LogP contribution in [0.3, 0.4) is 0 Å². The minimum atomic E-state index is 0.784. The molecule has 0 saturated heterocycles. The van der Waals surface area contributed by atoms with E-state index in [1.807, 2.05) is 0 Å². The van der Waals surface area contributed by atoms with Gasteiger partial charge in [-0.15, -0.1) is 0 Å². The van der Waals surface area contributed by atoms with E-state index in [2.05, 4.69) is 6.08 Å². The zero-order valence-corrected chi connectivity index (χ0v) is 7.01. The van der Waals surface area contributed by atoms with E-state index < -0.39 is 0 Å². The third kappa shape index (κ3) is 1.58. The minimum Gasteiger partial charge on any atom is -0.498 e. The predicted molar refractivity (Wildman–Crippen MR) is 45.2 cm³/mol. The van der Waals surface area contributed by atoms with Crippen molar-refractivity contribution in [2.24, 2.45) is 5.92 Å². The quantitative estimate of drug-likeness (QED) is 0.561. The average molecular weight is 152 g/mol. The molecule has 0 aromatic heterocycles. The number of hydrogen-bond donors (Lipinski definition) is 0. The number of rotatable bonds is 1. The monoisotopic (exact) mass is 152 g/mol. The molecule has 1 aliphatic heterocycles. The lowest BCUT2D eigenvalue weighted by atomic mass is 9.88. The molecule has 0 aromatic rings. The van der Waals surface area contributed by atoms with Gasteiger partial charge in [0.2, 0.25) is 0 Å². The fourth-order valence-corrected chi connectivity index (χ4v) is 2.11. The summed E-state index contributed by atoms with van der Waals surface area (Å²) in [4.78, 5) is 0. The smallest absolute Gasteiger partial charge is 0.0952 e. The van der Waals surface area contributed by atoms with Crippen LogP contribution in [0.25, 0.3) is 0 Å². The van der Waals surface area contributed by atoms with Crippen molar-refractivity contribution < 1.29 is 4.74 Å². The Morgan fingerprint density at radius 1 is 1.18 bits per heavy atom. The molecule has 0 N–H and O–H groups in total. The summed E-state index contributed by atoms with van der Waals surface area (Å²) in [6.45, 7) is 0.936. The van der Waals surface area contributed by atoms with E-state index in [0.29, 0.717) is 0 Å². The molecule has 0 amide bonds. The van der Waals surface area contributed by atoms with Crippen molar-refractivity contribution in [3.05, 3.63) is 11.8 Å². The molecule has 0 atom stereocenters. The van der Waals surface area contributed by atoms with Gasteiger partial charge in [0.25, 0.3) is 0 Å². The Kier molecular flexibility index (Phi) is 2.16. The van der Waals surface area contributed by atoms with E-state index in [9.17, 15) is 0 Å². The molecule has 0 spiro atoms. The second kappa shape index (κ2) is 3.29. The number of ether oxygens (including phenoxy) is 1. The summed E-state index contributed by atoms with van der Waals surface area (Å²) >= 11 is 0. The summed E-state index contributed by atoms with van der Waals surface area (Å²) in [6.07, 6.45) is 10.4. The first-order valence-electron chi connectivity index (χ1n) is 4.79. The van der Waals surface area contributed by atoms with Gasteiger partial charge in [0.1, 0.15) is 0 Å². The Hall–Kier alpha value is -0.460. The second-order valence-electron chi connectivity index (χ2n) is 3.58. The van der Waals surface area contributed by atoms with Crippen LogP contribution in [-0.2, 0) is 4.74 Å². The van der Waals surface area contributed by atoms with Crippen molar-refractivity contribution in [3.8, 4) is 0 Å². The summed E-state index contributed by atoms with van der Waals surface area (Å²) in [7, 11) is 0. The first-order valence-corrected chi connectivity index (χ1v) is 4.79. The van der Waals surface area contributed by atoms with Crippen LogP contribution in [0.4, 0.5) is 0 Å². The highest BCUT2D eigenvalue weighted by atomic mass is 16.5. The van der Waals surface area contributed by atoms with Gasteiger partial charge in [0.15, 0.2) is 0 Å². The first kappa shape index (κ1) is 7.20. The van der Waals surface area contributed by atoms with Crippen molar-refractivity contribution in [1.29, 1.82) is 0 Å². The summed E-state index contributed by atoms with van der Waals surface area (Å²) in [5.41, 5.74) is 0. The second-order valence-corrected chi connectivity index (χ2v) is 3.58. The topological polar surface area (TPSA) is 9.23 Å². The molecule has 62 valence electrons. The zero-order valence-electron chi connectivity index (χ0n) is 7.01. The maximum absolute atomic E-state index is 5.55. The van der Waals surface area contributed by atoms with Gasteiger partial charge < -0.3 is 4.74 Å². The van der Waals surface area contributed by atoms with Crippen LogP contribution in [0.1, 0.15) is 38.5 Å². The molecule has 1 nitrogen and oxygen atoms in total. The lowest BCUT2D eigenvalue weighted by molar-refractivity contribution is 0.187. The molecule has 1 aliphatic carbocycles. The molecule has 0 aromatic carbocycles. The molecule has 1 fully saturated rings. The molecular weight excluding hydrogens is 136 g/mol. The fraction of sp³-hybridized carbons (Fsp3) is 0.800. The molecule has 1 heterocycles. The van der Waals surface area contributed by atoms with Crippen molar-refractivity contribution >= 4 is 0 Å². The third-order valence-corrected chi connectivity index (χ3v) is 2.74. The zero-order chi connectivity index (χ0) is 7.52. The van der Waals surface area contributed by atoms with Crippen LogP contribution in [0.5, 0.6) is 0 Å². The van der Waals surface area contributed by atoms with Crippen LogP contribution in [0, 0.1) is 5.92 Å². The molecule has 2 aliphatic rings. The number of hydrogen-bond acceptors (Lipinski definition) is 1. The van der Waals surface area contributed by atoms with Crippen molar-refractivity contribution in [1.82, 2.24) is 0 Å². The molecule has 2 rings (SSSR count). The predicted octanol–water partition coefficient (Wildman–Crippen LogP) is 2.87. The molecule has 0 radical (unpaired) electrons. The van der Waals surface area contributed by atoms with E-state index in [0.717, 1.165) is 18.9 Å². The summed E-state index contributed by atoms with van der Waals surface area (Å²) in [6, 6.07) is 0. The van der Waals surface area contributed by atoms with Crippen molar-refractivity contribution in [2.45, 2.75) is 38.5 Å². The summed E-state index contributed by atoms with van der Waals surface area (Å²) in [5, 5.41) is 0. The van der Waals surface area contributed by atoms with Gasteiger partial charge >= 0.3 is 0 Å². The molecule has 1 heteroatoms. The first-order chi connectivity index (χ1) is 5.47. The Balaban J connectivity index is 1.92. The van der Waals surface area contributed by atoms with E-state index in [1.165, 1.54) is 37.9 Å². The van der Waals surface area contributed by atoms with Gasteiger partial charge in [-0.2, -0.15) is 0 Å². The fourth-order valence-electron chi connectivity index (χ4n) is 2.11. The maximum Gasteiger partial charge on any atom is 0.0952 e. The molecule has 0 unspecified atom stereocenters. The molecular formula is C10H16O. The van der Waals surface area contributed by atoms with Gasteiger partial charge in [-0.05, 0) is 18.9 Å². The highest BCUT2D eigenvalue weighted by Crippen LogP contribution is 2.32. The van der Waals surface area contributed by atoms with Gasteiger partial charge in [0, 0.05) is 12.3 Å². The van der Waals surface area contributed by atoms with Gasteiger partial charge in [-0.1, -0.05) is 19.3 Å². The minimum absolute atomic E-state index is 0.784. The van der Waals surface area contributed by atoms with Crippen molar-refractivity contribution in [3.63, 3.8) is 0 Å².